The molecule has 3 atom stereocenters. The van der Waals surface area contributed by atoms with E-state index in [4.69, 9.17) is 4.74 Å². The van der Waals surface area contributed by atoms with Crippen molar-refractivity contribution in [3.05, 3.63) is 29.8 Å². The van der Waals surface area contributed by atoms with Crippen LogP contribution in [0.3, 0.4) is 0 Å². The summed E-state index contributed by atoms with van der Waals surface area (Å²) in [6.45, 7) is 2.56. The molecule has 0 N–H and O–H groups in total. The number of morpholine rings is 1. The first-order valence-electron chi connectivity index (χ1n) is 8.86. The zero-order valence-corrected chi connectivity index (χ0v) is 14.6. The summed E-state index contributed by atoms with van der Waals surface area (Å²) < 4.78 is 5.31. The van der Waals surface area contributed by atoms with Crippen molar-refractivity contribution < 1.29 is 14.3 Å². The predicted molar refractivity (Wildman–Crippen MR) is 93.2 cm³/mol. The number of Topliss-reactive ketones (excluding diaryl/α,β-unsaturated/α-hetero) is 1. The van der Waals surface area contributed by atoms with E-state index in [0.29, 0.717) is 43.9 Å². The first-order valence-corrected chi connectivity index (χ1v) is 9.84. The number of rotatable bonds is 4. The van der Waals surface area contributed by atoms with E-state index in [1.54, 1.807) is 11.8 Å². The van der Waals surface area contributed by atoms with Crippen LogP contribution in [-0.4, -0.2) is 48.6 Å². The molecule has 1 aromatic rings. The molecule has 0 aromatic heterocycles. The molecule has 2 bridgehead atoms. The Morgan fingerprint density at radius 3 is 2.83 bits per heavy atom. The largest absolute Gasteiger partial charge is 0.378 e. The van der Waals surface area contributed by atoms with Crippen LogP contribution in [0, 0.1) is 17.8 Å². The minimum Gasteiger partial charge on any atom is -0.378 e. The molecule has 2 aliphatic carbocycles. The highest BCUT2D eigenvalue weighted by molar-refractivity contribution is 7.99. The van der Waals surface area contributed by atoms with Crippen molar-refractivity contribution >= 4 is 23.5 Å². The van der Waals surface area contributed by atoms with Crippen molar-refractivity contribution in [1.29, 1.82) is 0 Å². The van der Waals surface area contributed by atoms with Crippen LogP contribution < -0.4 is 0 Å². The molecule has 1 saturated heterocycles. The summed E-state index contributed by atoms with van der Waals surface area (Å²) in [5, 5.41) is 0. The second kappa shape index (κ2) is 6.89. The number of ketones is 1. The molecule has 0 spiro atoms. The van der Waals surface area contributed by atoms with E-state index in [9.17, 15) is 9.59 Å². The van der Waals surface area contributed by atoms with Gasteiger partial charge in [-0.3, -0.25) is 9.59 Å². The van der Waals surface area contributed by atoms with E-state index in [1.165, 1.54) is 6.42 Å². The molecule has 4 rings (SSSR count). The van der Waals surface area contributed by atoms with E-state index in [0.717, 1.165) is 29.1 Å². The maximum absolute atomic E-state index is 12.6. The van der Waals surface area contributed by atoms with Gasteiger partial charge in [0.15, 0.2) is 0 Å². The summed E-state index contributed by atoms with van der Waals surface area (Å²) in [5.74, 6) is 2.60. The number of amides is 1. The van der Waals surface area contributed by atoms with Gasteiger partial charge in [-0.1, -0.05) is 6.07 Å². The molecular weight excluding hydrogens is 322 g/mol. The van der Waals surface area contributed by atoms with E-state index < -0.39 is 0 Å². The molecule has 5 heteroatoms. The predicted octanol–water partition coefficient (Wildman–Crippen LogP) is 2.87. The SMILES string of the molecule is O=C1C2CCC(C2)C1CSc1cccc(C(=O)N2CCOCC2)c1. The van der Waals surface area contributed by atoms with Crippen LogP contribution in [0.5, 0.6) is 0 Å². The van der Waals surface area contributed by atoms with Crippen LogP contribution in [-0.2, 0) is 9.53 Å². The lowest BCUT2D eigenvalue weighted by atomic mass is 9.89. The van der Waals surface area contributed by atoms with Crippen molar-refractivity contribution in [3.8, 4) is 0 Å². The number of benzene rings is 1. The lowest BCUT2D eigenvalue weighted by molar-refractivity contribution is -0.125. The quantitative estimate of drug-likeness (QED) is 0.787. The van der Waals surface area contributed by atoms with Crippen LogP contribution in [0.2, 0.25) is 0 Å². The Kier molecular flexibility index (Phi) is 4.63. The van der Waals surface area contributed by atoms with Gasteiger partial charge in [0.25, 0.3) is 5.91 Å². The third-order valence-electron chi connectivity index (χ3n) is 5.62. The highest BCUT2D eigenvalue weighted by Crippen LogP contribution is 2.47. The lowest BCUT2D eigenvalue weighted by Gasteiger charge is -2.27. The lowest BCUT2D eigenvalue weighted by Crippen LogP contribution is -2.40. The van der Waals surface area contributed by atoms with Gasteiger partial charge in [-0.15, -0.1) is 11.8 Å². The number of carbonyl (C=O) groups is 2. The Morgan fingerprint density at radius 2 is 2.08 bits per heavy atom. The number of nitrogens with zero attached hydrogens (tertiary/aromatic N) is 1. The normalized spacial score (nSPS) is 29.2. The molecule has 0 radical (unpaired) electrons. The first kappa shape index (κ1) is 16.2. The zero-order valence-electron chi connectivity index (χ0n) is 13.8. The summed E-state index contributed by atoms with van der Waals surface area (Å²) in [5.41, 5.74) is 0.737. The number of hydrogen-bond donors (Lipinski definition) is 0. The summed E-state index contributed by atoms with van der Waals surface area (Å²) in [7, 11) is 0. The van der Waals surface area contributed by atoms with Gasteiger partial charge in [-0.05, 0) is 43.4 Å². The summed E-state index contributed by atoms with van der Waals surface area (Å²) >= 11 is 1.72. The van der Waals surface area contributed by atoms with Gasteiger partial charge in [0.2, 0.25) is 0 Å². The zero-order chi connectivity index (χ0) is 16.5. The minimum absolute atomic E-state index is 0.0803. The van der Waals surface area contributed by atoms with E-state index in [-0.39, 0.29) is 11.8 Å². The molecule has 1 aliphatic heterocycles. The van der Waals surface area contributed by atoms with Crippen LogP contribution >= 0.6 is 11.8 Å². The third kappa shape index (κ3) is 3.11. The fourth-order valence-corrected chi connectivity index (χ4v) is 5.44. The van der Waals surface area contributed by atoms with Gasteiger partial charge in [-0.25, -0.2) is 0 Å². The highest BCUT2D eigenvalue weighted by Gasteiger charge is 2.46. The fraction of sp³-hybridized carbons (Fsp3) is 0.579. The monoisotopic (exact) mass is 345 g/mol. The molecular formula is C19H23NO3S. The van der Waals surface area contributed by atoms with E-state index in [1.807, 2.05) is 29.2 Å². The Hall–Kier alpha value is -1.33. The van der Waals surface area contributed by atoms with Crippen molar-refractivity contribution in [1.82, 2.24) is 4.90 Å². The maximum Gasteiger partial charge on any atom is 0.254 e. The molecule has 24 heavy (non-hydrogen) atoms. The van der Waals surface area contributed by atoms with Crippen molar-refractivity contribution in [2.24, 2.45) is 17.8 Å². The first-order chi connectivity index (χ1) is 11.7. The molecule has 1 amide bonds. The summed E-state index contributed by atoms with van der Waals surface area (Å²) in [6, 6.07) is 7.84. The van der Waals surface area contributed by atoms with Crippen LogP contribution in [0.15, 0.2) is 29.2 Å². The number of ether oxygens (including phenoxy) is 1. The molecule has 128 valence electrons. The summed E-state index contributed by atoms with van der Waals surface area (Å²) in [6.07, 6.45) is 3.44. The Balaban J connectivity index is 1.39. The van der Waals surface area contributed by atoms with Gasteiger partial charge in [-0.2, -0.15) is 0 Å². The van der Waals surface area contributed by atoms with Crippen LogP contribution in [0.4, 0.5) is 0 Å². The second-order valence-corrected chi connectivity index (χ2v) is 8.12. The average molecular weight is 345 g/mol. The van der Waals surface area contributed by atoms with Gasteiger partial charge in [0.1, 0.15) is 5.78 Å². The van der Waals surface area contributed by atoms with Crippen molar-refractivity contribution in [3.63, 3.8) is 0 Å². The molecule has 1 aromatic carbocycles. The summed E-state index contributed by atoms with van der Waals surface area (Å²) in [4.78, 5) is 27.8. The molecule has 4 nitrogen and oxygen atoms in total. The van der Waals surface area contributed by atoms with Gasteiger partial charge in [0.05, 0.1) is 13.2 Å². The molecule has 3 unspecified atom stereocenters. The topological polar surface area (TPSA) is 46.6 Å². The number of thioether (sulfide) groups is 1. The fourth-order valence-electron chi connectivity index (χ4n) is 4.25. The molecule has 3 fully saturated rings. The smallest absolute Gasteiger partial charge is 0.254 e. The van der Waals surface area contributed by atoms with Crippen molar-refractivity contribution in [2.75, 3.05) is 32.1 Å². The average Bonchev–Trinajstić information content (AvgIpc) is 3.22. The van der Waals surface area contributed by atoms with Gasteiger partial charge < -0.3 is 9.64 Å². The minimum atomic E-state index is 0.0803. The van der Waals surface area contributed by atoms with Crippen molar-refractivity contribution in [2.45, 2.75) is 24.2 Å². The van der Waals surface area contributed by atoms with Gasteiger partial charge >= 0.3 is 0 Å². The molecule has 1 heterocycles. The maximum atomic E-state index is 12.6. The highest BCUT2D eigenvalue weighted by atomic mass is 32.2. The van der Waals surface area contributed by atoms with E-state index in [2.05, 4.69) is 0 Å². The third-order valence-corrected chi connectivity index (χ3v) is 6.73. The van der Waals surface area contributed by atoms with Crippen LogP contribution in [0.25, 0.3) is 0 Å². The Bertz CT molecular complexity index is 641. The Labute approximate surface area is 146 Å². The van der Waals surface area contributed by atoms with Gasteiger partial charge in [0, 0.05) is 41.1 Å². The number of hydrogen-bond acceptors (Lipinski definition) is 4. The van der Waals surface area contributed by atoms with E-state index >= 15 is 0 Å². The standard InChI is InChI=1S/C19H23NO3S/c21-18-14-5-4-13(10-14)17(18)12-24-16-3-1-2-15(11-16)19(22)20-6-8-23-9-7-20/h1-3,11,13-14,17H,4-10,12H2. The molecule has 2 saturated carbocycles. The Morgan fingerprint density at radius 1 is 1.25 bits per heavy atom. The number of fused-ring (bicyclic) bond motifs is 2. The number of carbonyl (C=O) groups excluding carboxylic acids is 2. The second-order valence-electron chi connectivity index (χ2n) is 7.02. The molecule has 3 aliphatic rings. The van der Waals surface area contributed by atoms with Crippen LogP contribution in [0.1, 0.15) is 29.6 Å².